The lowest BCUT2D eigenvalue weighted by molar-refractivity contribution is -0.121. The fourth-order valence-electron chi connectivity index (χ4n) is 2.54. The number of nitrogens with zero attached hydrogens (tertiary/aromatic N) is 1. The van der Waals surface area contributed by atoms with E-state index in [1.54, 1.807) is 30.5 Å². The molecule has 1 N–H and O–H groups in total. The monoisotopic (exact) mass is 372 g/mol. The van der Waals surface area contributed by atoms with Gasteiger partial charge >= 0.3 is 0 Å². The quantitative estimate of drug-likeness (QED) is 0.666. The SMILES string of the molecule is CC(NC(=O)CCc1ncc(-c2ccc(F)cc2)o1)c1ccc(Cl)cc1. The predicted octanol–water partition coefficient (Wildman–Crippen LogP) is 4.94. The molecule has 1 unspecified atom stereocenters. The Balaban J connectivity index is 1.53. The Bertz CT molecular complexity index is 876. The van der Waals surface area contributed by atoms with Gasteiger partial charge in [0.1, 0.15) is 5.82 Å². The third kappa shape index (κ3) is 4.70. The average molecular weight is 373 g/mol. The number of halogens is 2. The molecule has 1 heterocycles. The van der Waals surface area contributed by atoms with Crippen molar-refractivity contribution in [2.75, 3.05) is 0 Å². The molecule has 0 aliphatic rings. The van der Waals surface area contributed by atoms with Gasteiger partial charge in [0, 0.05) is 23.4 Å². The summed E-state index contributed by atoms with van der Waals surface area (Å²) in [7, 11) is 0. The maximum Gasteiger partial charge on any atom is 0.220 e. The molecule has 1 aromatic heterocycles. The molecule has 26 heavy (non-hydrogen) atoms. The number of aromatic nitrogens is 1. The number of amides is 1. The van der Waals surface area contributed by atoms with Crippen LogP contribution >= 0.6 is 11.6 Å². The van der Waals surface area contributed by atoms with Crippen LogP contribution in [0.5, 0.6) is 0 Å². The van der Waals surface area contributed by atoms with Gasteiger partial charge in [-0.05, 0) is 48.9 Å². The van der Waals surface area contributed by atoms with Crippen molar-refractivity contribution in [1.82, 2.24) is 10.3 Å². The van der Waals surface area contributed by atoms with Crippen molar-refractivity contribution in [1.29, 1.82) is 0 Å². The van der Waals surface area contributed by atoms with Crippen molar-refractivity contribution >= 4 is 17.5 Å². The van der Waals surface area contributed by atoms with E-state index in [9.17, 15) is 9.18 Å². The van der Waals surface area contributed by atoms with Crippen LogP contribution in [0.1, 0.15) is 30.8 Å². The first-order chi connectivity index (χ1) is 12.5. The number of carbonyl (C=O) groups excluding carboxylic acids is 1. The standard InChI is InChI=1S/C20H18ClFN2O2/c1-13(14-2-6-16(21)7-3-14)24-19(25)10-11-20-23-12-18(26-20)15-4-8-17(22)9-5-15/h2-9,12-13H,10-11H2,1H3,(H,24,25). The number of benzene rings is 2. The first-order valence-electron chi connectivity index (χ1n) is 8.27. The van der Waals surface area contributed by atoms with E-state index >= 15 is 0 Å². The van der Waals surface area contributed by atoms with Gasteiger partial charge in [0.25, 0.3) is 0 Å². The van der Waals surface area contributed by atoms with E-state index in [2.05, 4.69) is 10.3 Å². The number of hydrogen-bond donors (Lipinski definition) is 1. The second kappa shape index (κ2) is 8.15. The van der Waals surface area contributed by atoms with Gasteiger partial charge in [0.15, 0.2) is 11.7 Å². The van der Waals surface area contributed by atoms with E-state index in [1.807, 2.05) is 19.1 Å². The number of rotatable bonds is 6. The van der Waals surface area contributed by atoms with Crippen molar-refractivity contribution in [3.63, 3.8) is 0 Å². The Kier molecular flexibility index (Phi) is 5.68. The zero-order chi connectivity index (χ0) is 18.5. The van der Waals surface area contributed by atoms with Crippen molar-refractivity contribution in [2.45, 2.75) is 25.8 Å². The van der Waals surface area contributed by atoms with Crippen LogP contribution in [0, 0.1) is 5.82 Å². The topological polar surface area (TPSA) is 55.1 Å². The third-order valence-electron chi connectivity index (χ3n) is 4.00. The summed E-state index contributed by atoms with van der Waals surface area (Å²) in [5.41, 5.74) is 1.73. The predicted molar refractivity (Wildman–Crippen MR) is 98.2 cm³/mol. The molecule has 1 atom stereocenters. The number of hydrogen-bond acceptors (Lipinski definition) is 3. The highest BCUT2D eigenvalue weighted by Gasteiger charge is 2.12. The Hall–Kier alpha value is -2.66. The maximum absolute atomic E-state index is 13.0. The summed E-state index contributed by atoms with van der Waals surface area (Å²) in [6, 6.07) is 13.2. The average Bonchev–Trinajstić information content (AvgIpc) is 3.10. The molecule has 3 rings (SSSR count). The molecule has 0 bridgehead atoms. The minimum atomic E-state index is -0.306. The molecule has 0 spiro atoms. The molecule has 0 saturated heterocycles. The largest absolute Gasteiger partial charge is 0.441 e. The molecule has 0 radical (unpaired) electrons. The molecule has 1 amide bonds. The van der Waals surface area contributed by atoms with Crippen LogP contribution in [0.25, 0.3) is 11.3 Å². The fourth-order valence-corrected chi connectivity index (χ4v) is 2.67. The van der Waals surface area contributed by atoms with Gasteiger partial charge in [-0.15, -0.1) is 0 Å². The van der Waals surface area contributed by atoms with Crippen molar-refractivity contribution in [3.8, 4) is 11.3 Å². The molecular formula is C20H18ClFN2O2. The van der Waals surface area contributed by atoms with Gasteiger partial charge in [0.2, 0.25) is 5.91 Å². The summed E-state index contributed by atoms with van der Waals surface area (Å²) in [5, 5.41) is 3.60. The highest BCUT2D eigenvalue weighted by Crippen LogP contribution is 2.21. The highest BCUT2D eigenvalue weighted by molar-refractivity contribution is 6.30. The number of carbonyl (C=O) groups is 1. The molecule has 0 aliphatic heterocycles. The van der Waals surface area contributed by atoms with Crippen LogP contribution in [0.15, 0.2) is 59.1 Å². The third-order valence-corrected chi connectivity index (χ3v) is 4.25. The molecule has 3 aromatic rings. The summed E-state index contributed by atoms with van der Waals surface area (Å²) in [6.07, 6.45) is 2.23. The van der Waals surface area contributed by atoms with Crippen LogP contribution in [0.4, 0.5) is 4.39 Å². The van der Waals surface area contributed by atoms with Crippen LogP contribution in [-0.4, -0.2) is 10.9 Å². The van der Waals surface area contributed by atoms with Crippen molar-refractivity contribution in [3.05, 3.63) is 77.0 Å². The normalized spacial score (nSPS) is 12.0. The van der Waals surface area contributed by atoms with Gasteiger partial charge in [-0.2, -0.15) is 0 Å². The number of nitrogens with one attached hydrogen (secondary N) is 1. The summed E-state index contributed by atoms with van der Waals surface area (Å²) in [6.45, 7) is 1.92. The van der Waals surface area contributed by atoms with Crippen LogP contribution in [-0.2, 0) is 11.2 Å². The molecule has 2 aromatic carbocycles. The first-order valence-corrected chi connectivity index (χ1v) is 8.64. The van der Waals surface area contributed by atoms with Gasteiger partial charge in [-0.1, -0.05) is 23.7 Å². The summed E-state index contributed by atoms with van der Waals surface area (Å²) in [4.78, 5) is 16.3. The minimum Gasteiger partial charge on any atom is -0.441 e. The molecule has 0 saturated carbocycles. The lowest BCUT2D eigenvalue weighted by atomic mass is 10.1. The first kappa shape index (κ1) is 18.1. The van der Waals surface area contributed by atoms with E-state index in [1.165, 1.54) is 12.1 Å². The van der Waals surface area contributed by atoms with Gasteiger partial charge in [-0.3, -0.25) is 4.79 Å². The van der Waals surface area contributed by atoms with E-state index in [4.69, 9.17) is 16.0 Å². The molecular weight excluding hydrogens is 355 g/mol. The summed E-state index contributed by atoms with van der Waals surface area (Å²) >= 11 is 5.87. The van der Waals surface area contributed by atoms with Gasteiger partial charge in [0.05, 0.1) is 12.2 Å². The summed E-state index contributed by atoms with van der Waals surface area (Å²) < 4.78 is 18.6. The Morgan fingerprint density at radius 1 is 1.19 bits per heavy atom. The Labute approximate surface area is 156 Å². The number of oxazole rings is 1. The van der Waals surface area contributed by atoms with E-state index in [0.29, 0.717) is 23.1 Å². The van der Waals surface area contributed by atoms with Gasteiger partial charge < -0.3 is 9.73 Å². The van der Waals surface area contributed by atoms with E-state index in [-0.39, 0.29) is 24.2 Å². The zero-order valence-electron chi connectivity index (χ0n) is 14.2. The second-order valence-corrected chi connectivity index (χ2v) is 6.40. The number of aryl methyl sites for hydroxylation is 1. The molecule has 0 fully saturated rings. The zero-order valence-corrected chi connectivity index (χ0v) is 15.0. The van der Waals surface area contributed by atoms with Gasteiger partial charge in [-0.25, -0.2) is 9.37 Å². The van der Waals surface area contributed by atoms with Crippen molar-refractivity contribution in [2.24, 2.45) is 0 Å². The van der Waals surface area contributed by atoms with E-state index in [0.717, 1.165) is 11.1 Å². The van der Waals surface area contributed by atoms with Crippen molar-refractivity contribution < 1.29 is 13.6 Å². The lowest BCUT2D eigenvalue weighted by Crippen LogP contribution is -2.26. The molecule has 0 aliphatic carbocycles. The fraction of sp³-hybridized carbons (Fsp3) is 0.200. The maximum atomic E-state index is 13.0. The molecule has 4 nitrogen and oxygen atoms in total. The minimum absolute atomic E-state index is 0.0889. The van der Waals surface area contributed by atoms with Crippen LogP contribution in [0.3, 0.4) is 0 Å². The second-order valence-electron chi connectivity index (χ2n) is 5.97. The van der Waals surface area contributed by atoms with E-state index < -0.39 is 0 Å². The van der Waals surface area contributed by atoms with Crippen LogP contribution in [0.2, 0.25) is 5.02 Å². The molecule has 134 valence electrons. The smallest absolute Gasteiger partial charge is 0.220 e. The highest BCUT2D eigenvalue weighted by atomic mass is 35.5. The molecule has 6 heteroatoms. The Morgan fingerprint density at radius 2 is 1.88 bits per heavy atom. The summed E-state index contributed by atoms with van der Waals surface area (Å²) in [5.74, 6) is 0.627. The van der Waals surface area contributed by atoms with Crippen LogP contribution < -0.4 is 5.32 Å². The lowest BCUT2D eigenvalue weighted by Gasteiger charge is -2.14. The Morgan fingerprint density at radius 3 is 2.58 bits per heavy atom.